The Labute approximate surface area is 141 Å². The van der Waals surface area contributed by atoms with E-state index >= 15 is 0 Å². The lowest BCUT2D eigenvalue weighted by molar-refractivity contribution is -0.249. The molecule has 0 aromatic heterocycles. The van der Waals surface area contributed by atoms with E-state index in [4.69, 9.17) is 0 Å². The van der Waals surface area contributed by atoms with Crippen molar-refractivity contribution in [2.45, 2.75) is 37.8 Å². The van der Waals surface area contributed by atoms with E-state index < -0.39 is 48.9 Å². The quantitative estimate of drug-likeness (QED) is 0.803. The van der Waals surface area contributed by atoms with E-state index in [1.165, 1.54) is 6.07 Å². The van der Waals surface area contributed by atoms with Gasteiger partial charge in [0, 0.05) is 12.1 Å². The molecule has 5 nitrogen and oxygen atoms in total. The van der Waals surface area contributed by atoms with Crippen molar-refractivity contribution in [3.8, 4) is 0 Å². The van der Waals surface area contributed by atoms with Gasteiger partial charge < -0.3 is 15.3 Å². The third-order valence-electron chi connectivity index (χ3n) is 4.21. The van der Waals surface area contributed by atoms with Crippen molar-refractivity contribution in [1.82, 2.24) is 10.2 Å². The Morgan fingerprint density at radius 2 is 1.84 bits per heavy atom. The van der Waals surface area contributed by atoms with Crippen molar-refractivity contribution < 1.29 is 32.3 Å². The number of nitrogens with one attached hydrogen (secondary N) is 1. The second kappa shape index (κ2) is 6.62. The first-order chi connectivity index (χ1) is 11.4. The second-order valence-corrected chi connectivity index (χ2v) is 6.19. The van der Waals surface area contributed by atoms with Crippen molar-refractivity contribution >= 4 is 11.8 Å². The molecule has 1 aromatic rings. The zero-order valence-electron chi connectivity index (χ0n) is 13.6. The number of likely N-dealkylation sites (tertiary alicyclic amines) is 1. The fraction of sp³-hybridized carbons (Fsp3) is 0.500. The third kappa shape index (κ3) is 3.76. The molecule has 0 aliphatic carbocycles. The first kappa shape index (κ1) is 19.2. The molecule has 3 atom stereocenters. The monoisotopic (exact) mass is 362 g/mol. The predicted molar refractivity (Wildman–Crippen MR) is 80.6 cm³/mol. The molecular formula is C16H18F4N2O3. The minimum Gasteiger partial charge on any atom is -0.373 e. The van der Waals surface area contributed by atoms with Crippen LogP contribution >= 0.6 is 0 Å². The van der Waals surface area contributed by atoms with Gasteiger partial charge >= 0.3 is 6.18 Å². The van der Waals surface area contributed by atoms with Crippen molar-refractivity contribution in [3.63, 3.8) is 0 Å². The van der Waals surface area contributed by atoms with Crippen LogP contribution in [0.25, 0.3) is 0 Å². The highest BCUT2D eigenvalue weighted by Gasteiger charge is 2.58. The lowest BCUT2D eigenvalue weighted by Gasteiger charge is -2.29. The number of hydrogen-bond donors (Lipinski definition) is 2. The van der Waals surface area contributed by atoms with Gasteiger partial charge in [0.05, 0.1) is 12.6 Å². The van der Waals surface area contributed by atoms with Crippen molar-refractivity contribution in [3.05, 3.63) is 35.4 Å². The second-order valence-electron chi connectivity index (χ2n) is 6.19. The van der Waals surface area contributed by atoms with Gasteiger partial charge in [0.15, 0.2) is 0 Å². The summed E-state index contributed by atoms with van der Waals surface area (Å²) in [4.78, 5) is 24.7. The van der Waals surface area contributed by atoms with Crippen LogP contribution < -0.4 is 5.32 Å². The molecular weight excluding hydrogens is 344 g/mol. The molecule has 0 spiro atoms. The first-order valence-corrected chi connectivity index (χ1v) is 7.54. The van der Waals surface area contributed by atoms with Gasteiger partial charge in [0.25, 0.3) is 11.8 Å². The number of alkyl halides is 4. The molecule has 1 aliphatic heterocycles. The summed E-state index contributed by atoms with van der Waals surface area (Å²) in [7, 11) is 0. The molecule has 2 amide bonds. The first-order valence-electron chi connectivity index (χ1n) is 7.54. The van der Waals surface area contributed by atoms with Crippen LogP contribution in [0.3, 0.4) is 0 Å². The number of benzene rings is 1. The van der Waals surface area contributed by atoms with Gasteiger partial charge in [-0.05, 0) is 25.5 Å². The van der Waals surface area contributed by atoms with Gasteiger partial charge in [-0.15, -0.1) is 0 Å². The van der Waals surface area contributed by atoms with Crippen LogP contribution in [0.5, 0.6) is 0 Å². The lowest BCUT2D eigenvalue weighted by Crippen LogP contribution is -2.56. The van der Waals surface area contributed by atoms with E-state index in [1.807, 2.05) is 0 Å². The maximum Gasteiger partial charge on any atom is 0.426 e. The van der Waals surface area contributed by atoms with Crippen molar-refractivity contribution in [2.24, 2.45) is 0 Å². The molecule has 1 saturated heterocycles. The van der Waals surface area contributed by atoms with E-state index in [0.29, 0.717) is 23.0 Å². The van der Waals surface area contributed by atoms with Gasteiger partial charge in [-0.2, -0.15) is 13.2 Å². The van der Waals surface area contributed by atoms with Crippen LogP contribution in [0, 0.1) is 6.92 Å². The summed E-state index contributed by atoms with van der Waals surface area (Å²) in [6.07, 6.45) is -6.92. The minimum atomic E-state index is -5.18. The number of amides is 2. The molecule has 1 aliphatic rings. The predicted octanol–water partition coefficient (Wildman–Crippen LogP) is 1.59. The van der Waals surface area contributed by atoms with E-state index in [9.17, 15) is 32.3 Å². The number of carbonyl (C=O) groups is 2. The fourth-order valence-corrected chi connectivity index (χ4v) is 2.57. The molecule has 0 radical (unpaired) electrons. The van der Waals surface area contributed by atoms with Gasteiger partial charge in [-0.25, -0.2) is 4.39 Å². The molecule has 0 saturated carbocycles. The summed E-state index contributed by atoms with van der Waals surface area (Å²) in [6.45, 7) is 0.919. The molecule has 9 heteroatoms. The highest BCUT2D eigenvalue weighted by Crippen LogP contribution is 2.32. The molecule has 0 unspecified atom stereocenters. The third-order valence-corrected chi connectivity index (χ3v) is 4.21. The topological polar surface area (TPSA) is 69.6 Å². The lowest BCUT2D eigenvalue weighted by atomic mass is 10.1. The Bertz CT molecular complexity index is 676. The summed E-state index contributed by atoms with van der Waals surface area (Å²) in [5.41, 5.74) is -2.65. The maximum atomic E-state index is 14.1. The van der Waals surface area contributed by atoms with Crippen LogP contribution in [0.1, 0.15) is 22.8 Å². The average molecular weight is 362 g/mol. The smallest absolute Gasteiger partial charge is 0.373 e. The number of nitrogens with zero attached hydrogens (tertiary/aromatic N) is 1. The molecule has 1 aromatic carbocycles. The summed E-state index contributed by atoms with van der Waals surface area (Å²) >= 11 is 0. The van der Waals surface area contributed by atoms with E-state index in [-0.39, 0.29) is 0 Å². The normalized spacial score (nSPS) is 23.2. The van der Waals surface area contributed by atoms with E-state index in [0.717, 1.165) is 0 Å². The van der Waals surface area contributed by atoms with Crippen LogP contribution in [0.15, 0.2) is 24.3 Å². The highest BCUT2D eigenvalue weighted by atomic mass is 19.4. The Morgan fingerprint density at radius 3 is 2.40 bits per heavy atom. The van der Waals surface area contributed by atoms with Crippen LogP contribution in [-0.4, -0.2) is 58.9 Å². The van der Waals surface area contributed by atoms with Gasteiger partial charge in [-0.1, -0.05) is 18.2 Å². The summed E-state index contributed by atoms with van der Waals surface area (Å²) < 4.78 is 52.3. The number of aryl methyl sites for hydroxylation is 1. The highest BCUT2D eigenvalue weighted by molar-refractivity contribution is 5.96. The summed E-state index contributed by atoms with van der Waals surface area (Å²) in [6, 6.07) is 5.41. The Morgan fingerprint density at radius 1 is 1.24 bits per heavy atom. The minimum absolute atomic E-state index is 0.307. The SMILES string of the molecule is Cc1ccccc1C(=O)N[C@@H]1CN(C(=O)[C@@](C)(O)C(F)(F)F)C[C@@H]1F. The fourth-order valence-electron chi connectivity index (χ4n) is 2.57. The Hall–Kier alpha value is -2.16. The summed E-state index contributed by atoms with van der Waals surface area (Å²) in [5.74, 6) is -2.22. The maximum absolute atomic E-state index is 14.1. The Balaban J connectivity index is 2.08. The molecule has 138 valence electrons. The van der Waals surface area contributed by atoms with Crippen LogP contribution in [-0.2, 0) is 4.79 Å². The van der Waals surface area contributed by atoms with E-state index in [2.05, 4.69) is 5.32 Å². The van der Waals surface area contributed by atoms with Crippen molar-refractivity contribution in [2.75, 3.05) is 13.1 Å². The van der Waals surface area contributed by atoms with Gasteiger partial charge in [-0.3, -0.25) is 9.59 Å². The number of rotatable bonds is 3. The zero-order chi connectivity index (χ0) is 19.0. The molecule has 2 rings (SSSR count). The molecule has 2 N–H and O–H groups in total. The van der Waals surface area contributed by atoms with Crippen LogP contribution in [0.4, 0.5) is 17.6 Å². The standard InChI is InChI=1S/C16H18F4N2O3/c1-9-5-3-4-6-10(9)13(23)21-12-8-22(7-11(12)17)14(24)15(2,25)16(18,19)20/h3-6,11-12,25H,7-8H2,1-2H3,(H,21,23)/t11-,12+,15+/m0/s1. The number of hydrogen-bond acceptors (Lipinski definition) is 3. The van der Waals surface area contributed by atoms with Gasteiger partial charge in [0.1, 0.15) is 6.17 Å². The average Bonchev–Trinajstić information content (AvgIpc) is 2.86. The summed E-state index contributed by atoms with van der Waals surface area (Å²) in [5, 5.41) is 11.8. The van der Waals surface area contributed by atoms with Crippen molar-refractivity contribution in [1.29, 1.82) is 0 Å². The molecule has 0 bridgehead atoms. The number of aliphatic hydroxyl groups is 1. The molecule has 25 heavy (non-hydrogen) atoms. The molecule has 1 fully saturated rings. The number of carbonyl (C=O) groups excluding carboxylic acids is 2. The van der Waals surface area contributed by atoms with Gasteiger partial charge in [0.2, 0.25) is 5.60 Å². The van der Waals surface area contributed by atoms with Crippen LogP contribution in [0.2, 0.25) is 0 Å². The Kier molecular flexibility index (Phi) is 5.08. The van der Waals surface area contributed by atoms with E-state index in [1.54, 1.807) is 25.1 Å². The molecule has 1 heterocycles. The zero-order valence-corrected chi connectivity index (χ0v) is 13.6. The largest absolute Gasteiger partial charge is 0.426 e. The number of halogens is 4.